The number of hydrogen-bond acceptors (Lipinski definition) is 4. The van der Waals surface area contributed by atoms with E-state index in [4.69, 9.17) is 0 Å². The summed E-state index contributed by atoms with van der Waals surface area (Å²) in [5, 5.41) is 6.07. The third-order valence-corrected chi connectivity index (χ3v) is 3.99. The molecule has 3 rings (SSSR count). The van der Waals surface area contributed by atoms with Crippen LogP contribution in [0.25, 0.3) is 0 Å². The molecule has 2 N–H and O–H groups in total. The molecule has 0 aliphatic rings. The molecule has 126 valence electrons. The van der Waals surface area contributed by atoms with Crippen molar-refractivity contribution in [2.24, 2.45) is 0 Å². The van der Waals surface area contributed by atoms with Crippen LogP contribution in [0.4, 0.5) is 11.5 Å². The van der Waals surface area contributed by atoms with E-state index >= 15 is 0 Å². The summed E-state index contributed by atoms with van der Waals surface area (Å²) in [6, 6.07) is 15.3. The van der Waals surface area contributed by atoms with E-state index in [0.29, 0.717) is 18.7 Å². The number of rotatable bonds is 6. The molecule has 0 unspecified atom stereocenters. The van der Waals surface area contributed by atoms with Crippen LogP contribution in [-0.4, -0.2) is 15.9 Å². The smallest absolute Gasteiger partial charge is 0.228 e. The van der Waals surface area contributed by atoms with Gasteiger partial charge in [0, 0.05) is 23.4 Å². The molecule has 0 radical (unpaired) electrons. The minimum atomic E-state index is -0.0732. The number of hydrogen-bond donors (Lipinski definition) is 2. The molecule has 2 aromatic heterocycles. The topological polar surface area (TPSA) is 66.9 Å². The molecule has 0 fully saturated rings. The molecule has 1 aromatic carbocycles. The molecule has 0 atom stereocenters. The maximum absolute atomic E-state index is 12.1. The molecule has 2 heterocycles. The van der Waals surface area contributed by atoms with E-state index in [-0.39, 0.29) is 5.91 Å². The van der Waals surface area contributed by atoms with Gasteiger partial charge < -0.3 is 10.6 Å². The molecule has 25 heavy (non-hydrogen) atoms. The van der Waals surface area contributed by atoms with E-state index < -0.39 is 0 Å². The largest absolute Gasteiger partial charge is 0.366 e. The van der Waals surface area contributed by atoms with Gasteiger partial charge in [0.05, 0.1) is 18.3 Å². The highest BCUT2D eigenvalue weighted by atomic mass is 79.9. The van der Waals surface area contributed by atoms with E-state index in [1.54, 1.807) is 12.4 Å². The van der Waals surface area contributed by atoms with E-state index in [9.17, 15) is 4.79 Å². The van der Waals surface area contributed by atoms with Gasteiger partial charge in [0.15, 0.2) is 0 Å². The zero-order valence-corrected chi connectivity index (χ0v) is 15.0. The first-order valence-electron chi connectivity index (χ1n) is 7.82. The van der Waals surface area contributed by atoms with Crippen LogP contribution in [0.3, 0.4) is 0 Å². The summed E-state index contributed by atoms with van der Waals surface area (Å²) in [6.07, 6.45) is 5.52. The Morgan fingerprint density at radius 3 is 2.64 bits per heavy atom. The van der Waals surface area contributed by atoms with Gasteiger partial charge in [-0.05, 0) is 41.5 Å². The Labute approximate surface area is 154 Å². The number of nitrogens with zero attached hydrogens (tertiary/aromatic N) is 2. The minimum Gasteiger partial charge on any atom is -0.366 e. The van der Waals surface area contributed by atoms with Gasteiger partial charge in [-0.15, -0.1) is 0 Å². The molecule has 0 aliphatic heterocycles. The number of halogens is 1. The van der Waals surface area contributed by atoms with Crippen LogP contribution < -0.4 is 10.6 Å². The van der Waals surface area contributed by atoms with E-state index in [1.807, 2.05) is 54.7 Å². The first-order valence-corrected chi connectivity index (χ1v) is 8.61. The first kappa shape index (κ1) is 17.1. The third-order valence-electron chi connectivity index (χ3n) is 3.50. The average Bonchev–Trinajstić information content (AvgIpc) is 2.62. The Balaban J connectivity index is 1.52. The van der Waals surface area contributed by atoms with Crippen LogP contribution in [0.5, 0.6) is 0 Å². The maximum Gasteiger partial charge on any atom is 0.228 e. The third kappa shape index (κ3) is 5.39. The fraction of sp³-hybridized carbons (Fsp3) is 0.105. The van der Waals surface area contributed by atoms with Gasteiger partial charge in [0.25, 0.3) is 0 Å². The molecule has 0 spiro atoms. The van der Waals surface area contributed by atoms with Crippen LogP contribution in [0.2, 0.25) is 0 Å². The van der Waals surface area contributed by atoms with Crippen LogP contribution >= 0.6 is 15.9 Å². The Morgan fingerprint density at radius 1 is 1.04 bits per heavy atom. The van der Waals surface area contributed by atoms with Crippen LogP contribution in [-0.2, 0) is 17.8 Å². The fourth-order valence-electron chi connectivity index (χ4n) is 2.31. The van der Waals surface area contributed by atoms with Crippen molar-refractivity contribution in [3.63, 3.8) is 0 Å². The van der Waals surface area contributed by atoms with Crippen molar-refractivity contribution >= 4 is 33.3 Å². The Hall–Kier alpha value is -2.73. The fourth-order valence-corrected chi connectivity index (χ4v) is 2.75. The van der Waals surface area contributed by atoms with Crippen molar-refractivity contribution in [2.45, 2.75) is 13.0 Å². The second kappa shape index (κ2) is 8.39. The lowest BCUT2D eigenvalue weighted by Crippen LogP contribution is -2.14. The molecular weight excluding hydrogens is 380 g/mol. The van der Waals surface area contributed by atoms with Gasteiger partial charge in [0.1, 0.15) is 5.82 Å². The van der Waals surface area contributed by atoms with Crippen LogP contribution in [0.1, 0.15) is 11.1 Å². The molecule has 1 amide bonds. The van der Waals surface area contributed by atoms with Crippen molar-refractivity contribution in [1.82, 2.24) is 9.97 Å². The summed E-state index contributed by atoms with van der Waals surface area (Å²) in [4.78, 5) is 20.5. The Kier molecular flexibility index (Phi) is 5.74. The van der Waals surface area contributed by atoms with Gasteiger partial charge in [-0.25, -0.2) is 4.98 Å². The predicted octanol–water partition coefficient (Wildman–Crippen LogP) is 4.03. The van der Waals surface area contributed by atoms with Gasteiger partial charge in [-0.2, -0.15) is 0 Å². The number of carbonyl (C=O) groups excluding carboxylic acids is 1. The Bertz CT molecular complexity index is 838. The lowest BCUT2D eigenvalue weighted by atomic mass is 10.1. The van der Waals surface area contributed by atoms with Gasteiger partial charge in [-0.1, -0.05) is 34.1 Å². The zero-order valence-electron chi connectivity index (χ0n) is 13.4. The molecule has 0 bridgehead atoms. The summed E-state index contributed by atoms with van der Waals surface area (Å²) in [7, 11) is 0. The maximum atomic E-state index is 12.1. The summed E-state index contributed by atoms with van der Waals surface area (Å²) < 4.78 is 0.962. The second-order valence-electron chi connectivity index (χ2n) is 5.50. The highest BCUT2D eigenvalue weighted by molar-refractivity contribution is 9.10. The standard InChI is InChI=1S/C19H17BrN4O/c20-16-5-1-3-14(9-16)10-19(25)24-17-6-7-18(23-13-17)22-12-15-4-2-8-21-11-15/h1-9,11,13H,10,12H2,(H,22,23)(H,24,25). The van der Waals surface area contributed by atoms with Gasteiger partial charge in [0.2, 0.25) is 5.91 Å². The first-order chi connectivity index (χ1) is 12.2. The van der Waals surface area contributed by atoms with Crippen LogP contribution in [0, 0.1) is 0 Å². The average molecular weight is 397 g/mol. The highest BCUT2D eigenvalue weighted by Gasteiger charge is 2.05. The quantitative estimate of drug-likeness (QED) is 0.659. The SMILES string of the molecule is O=C(Cc1cccc(Br)c1)Nc1ccc(NCc2cccnc2)nc1. The summed E-state index contributed by atoms with van der Waals surface area (Å²) >= 11 is 3.41. The number of nitrogens with one attached hydrogen (secondary N) is 2. The highest BCUT2D eigenvalue weighted by Crippen LogP contribution is 2.14. The molecule has 0 saturated heterocycles. The van der Waals surface area contributed by atoms with E-state index in [0.717, 1.165) is 21.4 Å². The lowest BCUT2D eigenvalue weighted by Gasteiger charge is -2.08. The number of anilines is 2. The van der Waals surface area contributed by atoms with Crippen molar-refractivity contribution in [2.75, 3.05) is 10.6 Å². The van der Waals surface area contributed by atoms with Crippen molar-refractivity contribution in [3.05, 3.63) is 82.7 Å². The second-order valence-corrected chi connectivity index (χ2v) is 6.42. The van der Waals surface area contributed by atoms with Crippen LogP contribution in [0.15, 0.2) is 71.6 Å². The Morgan fingerprint density at radius 2 is 1.92 bits per heavy atom. The monoisotopic (exact) mass is 396 g/mol. The summed E-state index contributed by atoms with van der Waals surface area (Å²) in [6.45, 7) is 0.648. The molecular formula is C19H17BrN4O. The van der Waals surface area contributed by atoms with E-state index in [1.165, 1.54) is 0 Å². The number of amides is 1. The summed E-state index contributed by atoms with van der Waals surface area (Å²) in [5.74, 6) is 0.671. The van der Waals surface area contributed by atoms with Gasteiger partial charge in [-0.3, -0.25) is 9.78 Å². The molecule has 0 saturated carbocycles. The van der Waals surface area contributed by atoms with Gasteiger partial charge >= 0.3 is 0 Å². The number of carbonyl (C=O) groups is 1. The van der Waals surface area contributed by atoms with Crippen molar-refractivity contribution in [1.29, 1.82) is 0 Å². The van der Waals surface area contributed by atoms with Crippen molar-refractivity contribution < 1.29 is 4.79 Å². The summed E-state index contributed by atoms with van der Waals surface area (Å²) in [5.41, 5.74) is 2.71. The number of aromatic nitrogens is 2. The molecule has 6 heteroatoms. The molecule has 0 aliphatic carbocycles. The number of benzene rings is 1. The zero-order chi connectivity index (χ0) is 17.5. The van der Waals surface area contributed by atoms with E-state index in [2.05, 4.69) is 36.5 Å². The minimum absolute atomic E-state index is 0.0732. The normalized spacial score (nSPS) is 10.3. The number of pyridine rings is 2. The van der Waals surface area contributed by atoms with Crippen molar-refractivity contribution in [3.8, 4) is 0 Å². The molecule has 5 nitrogen and oxygen atoms in total. The predicted molar refractivity (Wildman–Crippen MR) is 102 cm³/mol. The lowest BCUT2D eigenvalue weighted by molar-refractivity contribution is -0.115. The molecule has 3 aromatic rings.